The Balaban J connectivity index is 1.80. The average molecular weight is 465 g/mol. The Morgan fingerprint density at radius 1 is 1.07 bits per heavy atom. The molecule has 4 rings (SSSR count). The molecule has 0 aromatic heterocycles. The number of unbranched alkanes of at least 4 members (excludes halogenated alkanes) is 3. The number of hydrogen-bond donors (Lipinski definition) is 1. The molecular formula is C28H33BrO. The lowest BCUT2D eigenvalue weighted by Crippen LogP contribution is -2.29. The molecule has 158 valence electrons. The van der Waals surface area contributed by atoms with Crippen LogP contribution in [0.3, 0.4) is 0 Å². The van der Waals surface area contributed by atoms with Crippen molar-refractivity contribution in [3.05, 3.63) is 82.3 Å². The molecule has 2 heteroatoms. The number of benzene rings is 2. The Hall–Kier alpha value is -1.64. The molecule has 0 aliphatic heterocycles. The minimum absolute atomic E-state index is 0.158. The molecular weight excluding hydrogens is 432 g/mol. The van der Waals surface area contributed by atoms with Gasteiger partial charge in [0.05, 0.1) is 6.10 Å². The van der Waals surface area contributed by atoms with Crippen LogP contribution in [0.15, 0.2) is 71.2 Å². The first kappa shape index (κ1) is 21.6. The summed E-state index contributed by atoms with van der Waals surface area (Å²) >= 11 is 3.56. The average Bonchev–Trinajstić information content (AvgIpc) is 3.27. The van der Waals surface area contributed by atoms with Crippen molar-refractivity contribution in [3.63, 3.8) is 0 Å². The van der Waals surface area contributed by atoms with Crippen LogP contribution < -0.4 is 0 Å². The molecule has 3 unspecified atom stereocenters. The van der Waals surface area contributed by atoms with Crippen LogP contribution in [0.2, 0.25) is 0 Å². The SMILES string of the molecule is C=C(c1ccc(Br)cc1)C12CCC(O)C1CC(CCCCCC)=C2c1ccccc1. The van der Waals surface area contributed by atoms with Gasteiger partial charge in [-0.05, 0) is 66.5 Å². The van der Waals surface area contributed by atoms with Crippen LogP contribution >= 0.6 is 15.9 Å². The van der Waals surface area contributed by atoms with Gasteiger partial charge in [-0.1, -0.05) is 96.7 Å². The van der Waals surface area contributed by atoms with Gasteiger partial charge in [-0.25, -0.2) is 0 Å². The van der Waals surface area contributed by atoms with Gasteiger partial charge in [-0.2, -0.15) is 0 Å². The van der Waals surface area contributed by atoms with E-state index in [2.05, 4.69) is 84.0 Å². The van der Waals surface area contributed by atoms with Gasteiger partial charge in [0, 0.05) is 15.8 Å². The van der Waals surface area contributed by atoms with Gasteiger partial charge in [0.1, 0.15) is 0 Å². The molecule has 0 bridgehead atoms. The third-order valence-electron chi connectivity index (χ3n) is 7.32. The predicted octanol–water partition coefficient (Wildman–Crippen LogP) is 8.05. The molecule has 1 saturated carbocycles. The Morgan fingerprint density at radius 3 is 2.50 bits per heavy atom. The van der Waals surface area contributed by atoms with E-state index < -0.39 is 0 Å². The van der Waals surface area contributed by atoms with E-state index in [1.54, 1.807) is 5.57 Å². The van der Waals surface area contributed by atoms with Crippen LogP contribution in [0.5, 0.6) is 0 Å². The molecule has 0 saturated heterocycles. The van der Waals surface area contributed by atoms with Gasteiger partial charge >= 0.3 is 0 Å². The summed E-state index contributed by atoms with van der Waals surface area (Å²) in [5, 5.41) is 11.0. The van der Waals surface area contributed by atoms with Crippen molar-refractivity contribution in [2.24, 2.45) is 11.3 Å². The third-order valence-corrected chi connectivity index (χ3v) is 7.85. The van der Waals surface area contributed by atoms with E-state index in [0.29, 0.717) is 0 Å². The molecule has 0 radical (unpaired) electrons. The highest BCUT2D eigenvalue weighted by molar-refractivity contribution is 9.10. The van der Waals surface area contributed by atoms with E-state index in [9.17, 15) is 5.11 Å². The minimum Gasteiger partial charge on any atom is -0.393 e. The van der Waals surface area contributed by atoms with E-state index in [4.69, 9.17) is 0 Å². The van der Waals surface area contributed by atoms with E-state index in [-0.39, 0.29) is 17.4 Å². The molecule has 30 heavy (non-hydrogen) atoms. The standard InChI is InChI=1S/C28H33BrO/c1-3-4-5-7-12-23-19-25-26(30)17-18-28(25,27(23)22-10-8-6-9-11-22)20(2)21-13-15-24(29)16-14-21/h6,8-11,13-16,25-26,30H,2-5,7,12,17-19H2,1H3. The molecule has 2 aliphatic rings. The first-order valence-electron chi connectivity index (χ1n) is 11.5. The van der Waals surface area contributed by atoms with Crippen molar-refractivity contribution in [3.8, 4) is 0 Å². The Kier molecular flexibility index (Phi) is 6.65. The second-order valence-electron chi connectivity index (χ2n) is 9.03. The summed E-state index contributed by atoms with van der Waals surface area (Å²) < 4.78 is 1.08. The summed E-state index contributed by atoms with van der Waals surface area (Å²) in [7, 11) is 0. The summed E-state index contributed by atoms with van der Waals surface area (Å²) in [6.45, 7) is 6.93. The fourth-order valence-corrected chi connectivity index (χ4v) is 6.15. The fraction of sp³-hybridized carbons (Fsp3) is 0.429. The number of halogens is 1. The Bertz CT molecular complexity index is 911. The maximum absolute atomic E-state index is 11.0. The molecule has 1 fully saturated rings. The van der Waals surface area contributed by atoms with Crippen molar-refractivity contribution in [2.45, 2.75) is 64.4 Å². The zero-order chi connectivity index (χ0) is 21.1. The third kappa shape index (κ3) is 3.85. The van der Waals surface area contributed by atoms with Crippen LogP contribution in [0.25, 0.3) is 11.1 Å². The van der Waals surface area contributed by atoms with Gasteiger partial charge in [-0.3, -0.25) is 0 Å². The largest absolute Gasteiger partial charge is 0.393 e. The van der Waals surface area contributed by atoms with Crippen molar-refractivity contribution in [1.82, 2.24) is 0 Å². The molecule has 1 nitrogen and oxygen atoms in total. The normalized spacial score (nSPS) is 25.6. The van der Waals surface area contributed by atoms with Gasteiger partial charge in [-0.15, -0.1) is 0 Å². The Morgan fingerprint density at radius 2 is 1.80 bits per heavy atom. The molecule has 2 aromatic carbocycles. The molecule has 0 spiro atoms. The first-order chi connectivity index (χ1) is 14.6. The van der Waals surface area contributed by atoms with Gasteiger partial charge in [0.25, 0.3) is 0 Å². The van der Waals surface area contributed by atoms with Crippen LogP contribution in [-0.4, -0.2) is 11.2 Å². The molecule has 0 amide bonds. The minimum atomic E-state index is -0.246. The molecule has 3 atom stereocenters. The quantitative estimate of drug-likeness (QED) is 0.391. The van der Waals surface area contributed by atoms with Crippen LogP contribution in [0.1, 0.15) is 69.4 Å². The number of aliphatic hydroxyl groups excluding tert-OH is 1. The zero-order valence-electron chi connectivity index (χ0n) is 18.0. The first-order valence-corrected chi connectivity index (χ1v) is 12.3. The number of fused-ring (bicyclic) bond motifs is 1. The van der Waals surface area contributed by atoms with E-state index in [1.807, 2.05) is 0 Å². The van der Waals surface area contributed by atoms with Crippen molar-refractivity contribution in [2.75, 3.05) is 0 Å². The van der Waals surface area contributed by atoms with Crippen molar-refractivity contribution >= 4 is 27.1 Å². The number of rotatable bonds is 8. The summed E-state index contributed by atoms with van der Waals surface area (Å²) in [6.07, 6.45) is 8.84. The summed E-state index contributed by atoms with van der Waals surface area (Å²) in [6, 6.07) is 19.4. The number of allylic oxidation sites excluding steroid dienone is 3. The van der Waals surface area contributed by atoms with Crippen LogP contribution in [0.4, 0.5) is 0 Å². The predicted molar refractivity (Wildman–Crippen MR) is 131 cm³/mol. The maximum atomic E-state index is 11.0. The van der Waals surface area contributed by atoms with E-state index in [0.717, 1.165) is 30.2 Å². The van der Waals surface area contributed by atoms with Crippen molar-refractivity contribution < 1.29 is 5.11 Å². The summed E-state index contributed by atoms with van der Waals surface area (Å²) in [5.41, 5.74) is 6.55. The van der Waals surface area contributed by atoms with Gasteiger partial charge in [0.15, 0.2) is 0 Å². The lowest BCUT2D eigenvalue weighted by molar-refractivity contribution is 0.120. The van der Waals surface area contributed by atoms with Crippen LogP contribution in [0, 0.1) is 11.3 Å². The van der Waals surface area contributed by atoms with Gasteiger partial charge < -0.3 is 5.11 Å². The topological polar surface area (TPSA) is 20.2 Å². The lowest BCUT2D eigenvalue weighted by Gasteiger charge is -2.37. The van der Waals surface area contributed by atoms with Crippen LogP contribution in [-0.2, 0) is 0 Å². The monoisotopic (exact) mass is 464 g/mol. The second kappa shape index (κ2) is 9.24. The highest BCUT2D eigenvalue weighted by Crippen LogP contribution is 2.66. The summed E-state index contributed by atoms with van der Waals surface area (Å²) in [4.78, 5) is 0. The molecule has 1 N–H and O–H groups in total. The van der Waals surface area contributed by atoms with Crippen molar-refractivity contribution in [1.29, 1.82) is 0 Å². The second-order valence-corrected chi connectivity index (χ2v) is 9.94. The smallest absolute Gasteiger partial charge is 0.0583 e. The molecule has 2 aromatic rings. The number of hydrogen-bond acceptors (Lipinski definition) is 1. The Labute approximate surface area is 190 Å². The summed E-state index contributed by atoms with van der Waals surface area (Å²) in [5.74, 6) is 0.241. The fourth-order valence-electron chi connectivity index (χ4n) is 5.89. The number of aliphatic hydroxyl groups is 1. The highest BCUT2D eigenvalue weighted by atomic mass is 79.9. The zero-order valence-corrected chi connectivity index (χ0v) is 19.6. The maximum Gasteiger partial charge on any atom is 0.0583 e. The van der Waals surface area contributed by atoms with Gasteiger partial charge in [0.2, 0.25) is 0 Å². The highest BCUT2D eigenvalue weighted by Gasteiger charge is 2.56. The van der Waals surface area contributed by atoms with E-state index >= 15 is 0 Å². The molecule has 2 aliphatic carbocycles. The molecule has 0 heterocycles. The lowest BCUT2D eigenvalue weighted by atomic mass is 9.66. The van der Waals surface area contributed by atoms with E-state index in [1.165, 1.54) is 48.0 Å².